The fourth-order valence-electron chi connectivity index (χ4n) is 0.700. The minimum absolute atomic E-state index is 0.326. The molecule has 1 aromatic heterocycles. The zero-order chi connectivity index (χ0) is 8.48. The van der Waals surface area contributed by atoms with E-state index in [0.29, 0.717) is 5.28 Å². The summed E-state index contributed by atoms with van der Waals surface area (Å²) < 4.78 is 0. The topological polar surface area (TPSA) is 25.8 Å². The Balaban J connectivity index is 2.99. The summed E-state index contributed by atoms with van der Waals surface area (Å²) in [5.74, 6) is 0. The van der Waals surface area contributed by atoms with E-state index in [1.54, 1.807) is 0 Å². The zero-order valence-electron chi connectivity index (χ0n) is 6.93. The van der Waals surface area contributed by atoms with Gasteiger partial charge in [0, 0.05) is 12.4 Å². The largest absolute Gasteiger partial charge is 0.227 e. The summed E-state index contributed by atoms with van der Waals surface area (Å²) in [6.07, 6.45) is 3.64. The number of aromatic nitrogens is 2. The van der Waals surface area contributed by atoms with Gasteiger partial charge in [-0.25, -0.2) is 9.97 Å². The quantitative estimate of drug-likeness (QED) is 0.493. The molecule has 0 radical (unpaired) electrons. The molecule has 0 saturated heterocycles. The van der Waals surface area contributed by atoms with Gasteiger partial charge in [-0.05, 0) is 16.8 Å². The highest BCUT2D eigenvalue weighted by Gasteiger charge is 2.16. The van der Waals surface area contributed by atoms with Gasteiger partial charge in [0.15, 0.2) is 0 Å². The molecule has 0 aliphatic carbocycles. The van der Waals surface area contributed by atoms with E-state index in [1.807, 2.05) is 12.4 Å². The van der Waals surface area contributed by atoms with Gasteiger partial charge >= 0.3 is 0 Å². The molecule has 1 aromatic rings. The second kappa shape index (κ2) is 2.91. The van der Waals surface area contributed by atoms with Crippen molar-refractivity contribution in [3.8, 4) is 0 Å². The highest BCUT2D eigenvalue weighted by atomic mass is 35.5. The molecular formula is C7H11ClN2Si. The Morgan fingerprint density at radius 1 is 1.18 bits per heavy atom. The molecule has 11 heavy (non-hydrogen) atoms. The van der Waals surface area contributed by atoms with E-state index in [2.05, 4.69) is 29.6 Å². The van der Waals surface area contributed by atoms with E-state index < -0.39 is 8.07 Å². The van der Waals surface area contributed by atoms with Crippen LogP contribution < -0.4 is 5.19 Å². The van der Waals surface area contributed by atoms with Gasteiger partial charge in [-0.1, -0.05) is 19.6 Å². The van der Waals surface area contributed by atoms with Gasteiger partial charge in [0.25, 0.3) is 0 Å². The van der Waals surface area contributed by atoms with Gasteiger partial charge in [0.1, 0.15) is 0 Å². The predicted octanol–water partition coefficient (Wildman–Crippen LogP) is 1.68. The summed E-state index contributed by atoms with van der Waals surface area (Å²) in [5.41, 5.74) is 0. The molecule has 0 saturated carbocycles. The van der Waals surface area contributed by atoms with Crippen molar-refractivity contribution in [3.05, 3.63) is 17.7 Å². The van der Waals surface area contributed by atoms with E-state index in [9.17, 15) is 0 Å². The lowest BCUT2D eigenvalue weighted by molar-refractivity contribution is 1.18. The van der Waals surface area contributed by atoms with Crippen LogP contribution in [0.1, 0.15) is 0 Å². The molecule has 0 aliphatic rings. The molecule has 60 valence electrons. The Bertz CT molecular complexity index is 240. The van der Waals surface area contributed by atoms with Crippen molar-refractivity contribution in [2.75, 3.05) is 0 Å². The van der Waals surface area contributed by atoms with Crippen LogP contribution in [0, 0.1) is 0 Å². The molecule has 0 N–H and O–H groups in total. The van der Waals surface area contributed by atoms with Crippen molar-refractivity contribution in [2.24, 2.45) is 0 Å². The fraction of sp³-hybridized carbons (Fsp3) is 0.429. The zero-order valence-corrected chi connectivity index (χ0v) is 8.68. The summed E-state index contributed by atoms with van der Waals surface area (Å²) in [6.45, 7) is 6.75. The maximum absolute atomic E-state index is 5.55. The van der Waals surface area contributed by atoms with Crippen molar-refractivity contribution in [2.45, 2.75) is 19.6 Å². The van der Waals surface area contributed by atoms with Gasteiger partial charge in [-0.2, -0.15) is 0 Å². The molecule has 0 spiro atoms. The normalized spacial score (nSPS) is 11.6. The number of rotatable bonds is 1. The van der Waals surface area contributed by atoms with Crippen molar-refractivity contribution >= 4 is 24.9 Å². The van der Waals surface area contributed by atoms with Crippen LogP contribution in [0.2, 0.25) is 24.9 Å². The molecule has 0 aliphatic heterocycles. The minimum Gasteiger partial charge on any atom is -0.227 e. The van der Waals surface area contributed by atoms with Gasteiger partial charge in [0.05, 0.1) is 8.07 Å². The van der Waals surface area contributed by atoms with Crippen LogP contribution in [0.5, 0.6) is 0 Å². The van der Waals surface area contributed by atoms with Crippen molar-refractivity contribution in [1.29, 1.82) is 0 Å². The monoisotopic (exact) mass is 186 g/mol. The standard InChI is InChI=1S/C7H11ClN2Si/c1-11(2,3)6-4-9-7(8)10-5-6/h4-5H,1-3H3. The average molecular weight is 187 g/mol. The van der Waals surface area contributed by atoms with E-state index in [1.165, 1.54) is 5.19 Å². The highest BCUT2D eigenvalue weighted by molar-refractivity contribution is 6.88. The fourth-order valence-corrected chi connectivity index (χ4v) is 1.70. The molecule has 0 aromatic carbocycles. The summed E-state index contributed by atoms with van der Waals surface area (Å²) >= 11 is 5.55. The number of nitrogens with zero attached hydrogens (tertiary/aromatic N) is 2. The number of hydrogen-bond acceptors (Lipinski definition) is 2. The first-order chi connectivity index (χ1) is 5.00. The van der Waals surface area contributed by atoms with Crippen LogP contribution in [0.3, 0.4) is 0 Å². The Hall–Kier alpha value is -0.413. The van der Waals surface area contributed by atoms with E-state index in [0.717, 1.165) is 0 Å². The predicted molar refractivity (Wildman–Crippen MR) is 50.0 cm³/mol. The Morgan fingerprint density at radius 3 is 2.00 bits per heavy atom. The molecule has 0 bridgehead atoms. The van der Waals surface area contributed by atoms with Crippen LogP contribution in [-0.2, 0) is 0 Å². The summed E-state index contributed by atoms with van der Waals surface area (Å²) in [4.78, 5) is 7.87. The van der Waals surface area contributed by atoms with Crippen molar-refractivity contribution < 1.29 is 0 Å². The first kappa shape index (κ1) is 8.68. The van der Waals surface area contributed by atoms with Crippen LogP contribution >= 0.6 is 11.6 Å². The second-order valence-corrected chi connectivity index (χ2v) is 8.91. The Kier molecular flexibility index (Phi) is 2.30. The van der Waals surface area contributed by atoms with Crippen LogP contribution in [0.15, 0.2) is 12.4 Å². The molecule has 0 fully saturated rings. The van der Waals surface area contributed by atoms with Crippen LogP contribution in [0.25, 0.3) is 0 Å². The maximum Gasteiger partial charge on any atom is 0.222 e. The highest BCUT2D eigenvalue weighted by Crippen LogP contribution is 2.01. The molecule has 2 nitrogen and oxygen atoms in total. The third-order valence-corrected chi connectivity index (χ3v) is 3.67. The summed E-state index contributed by atoms with van der Waals surface area (Å²) in [7, 11) is -1.24. The van der Waals surface area contributed by atoms with E-state index >= 15 is 0 Å². The molecular weight excluding hydrogens is 176 g/mol. The maximum atomic E-state index is 5.55. The lowest BCUT2D eigenvalue weighted by atomic mass is 10.7. The third-order valence-electron chi connectivity index (χ3n) is 1.49. The molecule has 4 heteroatoms. The van der Waals surface area contributed by atoms with Gasteiger partial charge < -0.3 is 0 Å². The van der Waals surface area contributed by atoms with Gasteiger partial charge in [-0.15, -0.1) is 0 Å². The van der Waals surface area contributed by atoms with Gasteiger partial charge in [-0.3, -0.25) is 0 Å². The smallest absolute Gasteiger partial charge is 0.222 e. The molecule has 0 unspecified atom stereocenters. The summed E-state index contributed by atoms with van der Waals surface area (Å²) in [5, 5.41) is 1.56. The van der Waals surface area contributed by atoms with Crippen LogP contribution in [0.4, 0.5) is 0 Å². The van der Waals surface area contributed by atoms with Crippen molar-refractivity contribution in [1.82, 2.24) is 9.97 Å². The SMILES string of the molecule is C[Si](C)(C)c1cnc(Cl)nc1. The minimum atomic E-state index is -1.24. The van der Waals surface area contributed by atoms with Gasteiger partial charge in [0.2, 0.25) is 5.28 Å². The second-order valence-electron chi connectivity index (χ2n) is 3.49. The van der Waals surface area contributed by atoms with Crippen LogP contribution in [-0.4, -0.2) is 18.0 Å². The number of hydrogen-bond donors (Lipinski definition) is 0. The lowest BCUT2D eigenvalue weighted by Crippen LogP contribution is -2.38. The van der Waals surface area contributed by atoms with E-state index in [4.69, 9.17) is 11.6 Å². The van der Waals surface area contributed by atoms with Crippen molar-refractivity contribution in [3.63, 3.8) is 0 Å². The Labute approximate surface area is 72.6 Å². The van der Waals surface area contributed by atoms with E-state index in [-0.39, 0.29) is 0 Å². The third kappa shape index (κ3) is 2.27. The summed E-state index contributed by atoms with van der Waals surface area (Å²) in [6, 6.07) is 0. The molecule has 0 atom stereocenters. The first-order valence-corrected chi connectivity index (χ1v) is 7.36. The average Bonchev–Trinajstić information content (AvgIpc) is 1.86. The lowest BCUT2D eigenvalue weighted by Gasteiger charge is -2.14. The molecule has 1 heterocycles. The first-order valence-electron chi connectivity index (χ1n) is 3.48. The molecule has 0 amide bonds. The molecule has 1 rings (SSSR count). The Morgan fingerprint density at radius 2 is 1.64 bits per heavy atom. The number of halogens is 1.